The average molecular weight is 494 g/mol. The quantitative estimate of drug-likeness (QED) is 0.0607. The summed E-state index contributed by atoms with van der Waals surface area (Å²) in [5, 5.41) is 0. The second-order valence-electron chi connectivity index (χ2n) is 9.03. The van der Waals surface area contributed by atoms with E-state index in [1.165, 1.54) is 116 Å². The zero-order valence-corrected chi connectivity index (χ0v) is 23.5. The molecule has 7 nitrogen and oxygen atoms in total. The highest BCUT2D eigenvalue weighted by Crippen LogP contribution is 2.20. The highest BCUT2D eigenvalue weighted by atomic mass is 32.3. The van der Waals surface area contributed by atoms with Crippen molar-refractivity contribution >= 4 is 16.4 Å². The van der Waals surface area contributed by atoms with E-state index in [0.717, 1.165) is 11.0 Å². The van der Waals surface area contributed by atoms with Crippen LogP contribution in [0, 0.1) is 0 Å². The summed E-state index contributed by atoms with van der Waals surface area (Å²) in [7, 11) is -4.92. The average Bonchev–Trinajstić information content (AvgIpc) is 2.76. The summed E-state index contributed by atoms with van der Waals surface area (Å²) in [5.74, 6) is 1.45. The third-order valence-electron chi connectivity index (χ3n) is 5.85. The van der Waals surface area contributed by atoms with E-state index in [0.29, 0.717) is 0 Å². The lowest BCUT2D eigenvalue weighted by Gasteiger charge is -2.43. The molecule has 0 spiro atoms. The van der Waals surface area contributed by atoms with Crippen molar-refractivity contribution in [2.24, 2.45) is 4.99 Å². The van der Waals surface area contributed by atoms with Crippen LogP contribution in [0.25, 0.3) is 0 Å². The van der Waals surface area contributed by atoms with E-state index in [-0.39, 0.29) is 0 Å². The molecule has 0 rings (SSSR count). The number of hydrogen-bond donors (Lipinski definition) is 1. The maximum absolute atomic E-state index is 8.63. The van der Waals surface area contributed by atoms with Gasteiger partial charge in [0.25, 0.3) is 5.96 Å². The molecule has 0 fully saturated rings. The molecule has 0 amide bonds. The maximum Gasteiger partial charge on any atom is 0.300 e. The van der Waals surface area contributed by atoms with Crippen LogP contribution in [0.15, 0.2) is 4.99 Å². The summed E-state index contributed by atoms with van der Waals surface area (Å²) in [6, 6.07) is 0. The molecule has 0 saturated heterocycles. The van der Waals surface area contributed by atoms with Gasteiger partial charge in [0.1, 0.15) is 0 Å². The third-order valence-corrected chi connectivity index (χ3v) is 5.85. The van der Waals surface area contributed by atoms with Crippen molar-refractivity contribution in [2.45, 2.75) is 119 Å². The van der Waals surface area contributed by atoms with E-state index in [9.17, 15) is 0 Å². The van der Waals surface area contributed by atoms with Gasteiger partial charge in [-0.15, -0.1) is 0 Å². The molecule has 0 aliphatic rings. The standard InChI is InChI=1S/C25H54N3.H2O4S/c1-7-13-19-26-25(27(20-14-8-2)21-15-9-3)28(22-16-10-4,23-17-11-5)24-18-12-6;1-5(2,3)4/h7-24H2,1-6H3;(H2,1,2,3,4)/q+1;/p-1. The Labute approximate surface area is 206 Å². The summed E-state index contributed by atoms with van der Waals surface area (Å²) in [5.41, 5.74) is 0. The van der Waals surface area contributed by atoms with E-state index in [4.69, 9.17) is 22.5 Å². The molecule has 0 unspecified atom stereocenters. The first-order valence-electron chi connectivity index (χ1n) is 13.5. The van der Waals surface area contributed by atoms with Crippen LogP contribution in [0.5, 0.6) is 0 Å². The minimum atomic E-state index is -4.92. The Morgan fingerprint density at radius 1 is 0.727 bits per heavy atom. The van der Waals surface area contributed by atoms with Gasteiger partial charge in [0.15, 0.2) is 0 Å². The number of nitrogens with zero attached hydrogens (tertiary/aromatic N) is 3. The van der Waals surface area contributed by atoms with Crippen molar-refractivity contribution in [3.8, 4) is 0 Å². The first-order chi connectivity index (χ1) is 15.7. The monoisotopic (exact) mass is 493 g/mol. The Kier molecular flexibility index (Phi) is 22.8. The Morgan fingerprint density at radius 2 is 1.06 bits per heavy atom. The van der Waals surface area contributed by atoms with Gasteiger partial charge in [-0.1, -0.05) is 80.1 Å². The summed E-state index contributed by atoms with van der Waals surface area (Å²) in [6.07, 6.45) is 15.3. The number of rotatable bonds is 18. The molecule has 33 heavy (non-hydrogen) atoms. The molecule has 0 aliphatic carbocycles. The number of unbranched alkanes of at least 4 members (excludes halogenated alkanes) is 6. The Hall–Kier alpha value is -0.700. The van der Waals surface area contributed by atoms with Gasteiger partial charge in [-0.3, -0.25) is 9.04 Å². The van der Waals surface area contributed by atoms with Gasteiger partial charge in [0.2, 0.25) is 10.4 Å². The van der Waals surface area contributed by atoms with Gasteiger partial charge in [-0.05, 0) is 38.5 Å². The summed E-state index contributed by atoms with van der Waals surface area (Å²) in [4.78, 5) is 8.08. The van der Waals surface area contributed by atoms with Crippen molar-refractivity contribution in [3.05, 3.63) is 0 Å². The van der Waals surface area contributed by atoms with Crippen molar-refractivity contribution in [1.29, 1.82) is 0 Å². The second-order valence-corrected chi connectivity index (χ2v) is 9.89. The van der Waals surface area contributed by atoms with Crippen molar-refractivity contribution in [3.63, 3.8) is 0 Å². The fourth-order valence-corrected chi connectivity index (χ4v) is 3.91. The molecule has 0 aromatic heterocycles. The zero-order chi connectivity index (χ0) is 25.6. The van der Waals surface area contributed by atoms with Gasteiger partial charge in [0, 0.05) is 19.6 Å². The fourth-order valence-electron chi connectivity index (χ4n) is 3.91. The van der Waals surface area contributed by atoms with Gasteiger partial charge in [0.05, 0.1) is 19.6 Å². The second kappa shape index (κ2) is 21.8. The first kappa shape index (κ1) is 34.5. The predicted octanol–water partition coefficient (Wildman–Crippen LogP) is 6.27. The van der Waals surface area contributed by atoms with E-state index in [1.807, 2.05) is 0 Å². The van der Waals surface area contributed by atoms with Crippen LogP contribution < -0.4 is 0 Å². The molecular weight excluding hydrogens is 438 g/mol. The first-order valence-corrected chi connectivity index (χ1v) is 14.9. The largest absolute Gasteiger partial charge is 0.726 e. The Balaban J connectivity index is 0. The van der Waals surface area contributed by atoms with Crippen LogP contribution in [0.2, 0.25) is 0 Å². The Morgan fingerprint density at radius 3 is 1.36 bits per heavy atom. The number of aliphatic imine (C=N–C) groups is 1. The van der Waals surface area contributed by atoms with Gasteiger partial charge in [-0.25, -0.2) is 13.4 Å². The maximum atomic E-state index is 8.63. The van der Waals surface area contributed by atoms with Crippen molar-refractivity contribution in [2.75, 3.05) is 39.3 Å². The van der Waals surface area contributed by atoms with Crippen molar-refractivity contribution in [1.82, 2.24) is 4.90 Å². The summed E-state index contributed by atoms with van der Waals surface area (Å²) >= 11 is 0. The molecule has 0 radical (unpaired) electrons. The smallest absolute Gasteiger partial charge is 0.300 e. The normalized spacial score (nSPS) is 12.4. The molecule has 0 atom stereocenters. The molecule has 0 saturated carbocycles. The minimum Gasteiger partial charge on any atom is -0.726 e. The zero-order valence-electron chi connectivity index (χ0n) is 22.6. The summed E-state index contributed by atoms with van der Waals surface area (Å²) in [6.45, 7) is 21.1. The molecular formula is C25H55N3O4S. The topological polar surface area (TPSA) is 93.0 Å². The van der Waals surface area contributed by atoms with Crippen LogP contribution in [-0.4, -0.2) is 72.1 Å². The number of hydrogen-bond acceptors (Lipinski definition) is 4. The van der Waals surface area contributed by atoms with Gasteiger partial charge < -0.3 is 9.45 Å². The fraction of sp³-hybridized carbons (Fsp3) is 0.960. The molecule has 0 aliphatic heterocycles. The van der Waals surface area contributed by atoms with E-state index in [1.54, 1.807) is 0 Å². The third kappa shape index (κ3) is 19.3. The van der Waals surface area contributed by atoms with Crippen LogP contribution in [0.1, 0.15) is 119 Å². The van der Waals surface area contributed by atoms with Gasteiger partial charge in [-0.2, -0.15) is 0 Å². The van der Waals surface area contributed by atoms with Crippen LogP contribution in [0.4, 0.5) is 0 Å². The highest BCUT2D eigenvalue weighted by molar-refractivity contribution is 7.79. The lowest BCUT2D eigenvalue weighted by atomic mass is 10.1. The van der Waals surface area contributed by atoms with Crippen molar-refractivity contribution < 1.29 is 22.0 Å². The van der Waals surface area contributed by atoms with E-state index in [2.05, 4.69) is 46.4 Å². The molecule has 0 aromatic carbocycles. The molecule has 0 bridgehead atoms. The number of quaternary nitrogens is 1. The molecule has 8 heteroatoms. The lowest BCUT2D eigenvalue weighted by Crippen LogP contribution is -2.61. The minimum absolute atomic E-state index is 1.00. The van der Waals surface area contributed by atoms with Gasteiger partial charge >= 0.3 is 0 Å². The van der Waals surface area contributed by atoms with Crippen LogP contribution >= 0.6 is 0 Å². The van der Waals surface area contributed by atoms with Crippen LogP contribution in [0.3, 0.4) is 0 Å². The molecule has 0 aromatic rings. The SMILES string of the molecule is CCCCN=C(N(CCCC)CCCC)[N+](CCCC)(CCCC)CCCC.O=S(=O)([O-])O. The van der Waals surface area contributed by atoms with E-state index >= 15 is 0 Å². The highest BCUT2D eigenvalue weighted by Gasteiger charge is 2.36. The predicted molar refractivity (Wildman–Crippen MR) is 141 cm³/mol. The van der Waals surface area contributed by atoms with E-state index < -0.39 is 10.4 Å². The number of guanidine groups is 1. The lowest BCUT2D eigenvalue weighted by molar-refractivity contribution is -0.848. The molecule has 0 heterocycles. The Bertz CT molecular complexity index is 530. The molecule has 1 N–H and O–H groups in total. The molecule has 200 valence electrons. The van der Waals surface area contributed by atoms with Crippen LogP contribution in [-0.2, 0) is 10.4 Å². The summed E-state index contributed by atoms with van der Waals surface area (Å²) < 4.78 is 34.0.